The summed E-state index contributed by atoms with van der Waals surface area (Å²) in [6.45, 7) is 4.15. The lowest BCUT2D eigenvalue weighted by Crippen LogP contribution is -2.44. The molecule has 0 aliphatic carbocycles. The number of nitrogens with zero attached hydrogens (tertiary/aromatic N) is 3. The second kappa shape index (κ2) is 10.8. The Bertz CT molecular complexity index is 1220. The molecule has 4 rings (SSSR count). The van der Waals surface area contributed by atoms with Crippen LogP contribution in [0.3, 0.4) is 0 Å². The lowest BCUT2D eigenvalue weighted by atomic mass is 9.77. The number of hydrogen-bond acceptors (Lipinski definition) is 11. The number of aromatic hydroxyl groups is 1. The van der Waals surface area contributed by atoms with Crippen LogP contribution < -0.4 is 5.32 Å². The number of furan rings is 2. The highest BCUT2D eigenvalue weighted by Crippen LogP contribution is 2.40. The van der Waals surface area contributed by atoms with E-state index in [1.165, 1.54) is 0 Å². The van der Waals surface area contributed by atoms with E-state index in [9.17, 15) is 35.1 Å². The van der Waals surface area contributed by atoms with Crippen LogP contribution >= 0.6 is 0 Å². The third kappa shape index (κ3) is 5.55. The van der Waals surface area contributed by atoms with Gasteiger partial charge in [0.05, 0.1) is 51.5 Å². The smallest absolute Gasteiger partial charge is 0.324 e. The molecule has 0 bridgehead atoms. The molecule has 0 spiro atoms. The molecule has 0 saturated carbocycles. The van der Waals surface area contributed by atoms with Crippen LogP contribution in [0.4, 0.5) is 17.1 Å². The maximum atomic E-state index is 12.5. The Hall–Kier alpha value is -4.59. The van der Waals surface area contributed by atoms with Gasteiger partial charge < -0.3 is 13.9 Å². The van der Waals surface area contributed by atoms with E-state index in [2.05, 4.69) is 19.2 Å². The highest BCUT2D eigenvalue weighted by atomic mass is 16.6. The number of nitrogens with one attached hydrogen (secondary N) is 1. The minimum Gasteiger partial charge on any atom is -0.497 e. The molecule has 2 N–H and O–H groups in total. The highest BCUT2D eigenvalue weighted by Gasteiger charge is 2.41. The highest BCUT2D eigenvalue weighted by molar-refractivity contribution is 5.83. The summed E-state index contributed by atoms with van der Waals surface area (Å²) in [5, 5.41) is 43.7. The minimum atomic E-state index is -1.21. The molecule has 2 aromatic heterocycles. The fraction of sp³-hybridized carbons (Fsp3) is 0.318. The van der Waals surface area contributed by atoms with E-state index in [-0.39, 0.29) is 29.7 Å². The van der Waals surface area contributed by atoms with Crippen LogP contribution in [0.2, 0.25) is 0 Å². The van der Waals surface area contributed by atoms with Gasteiger partial charge in [-0.25, -0.2) is 0 Å². The number of rotatable bonds is 6. The Kier molecular flexibility index (Phi) is 7.79. The minimum absolute atomic E-state index is 0.0626. The number of piperidine rings is 1. The second-order valence-corrected chi connectivity index (χ2v) is 8.27. The maximum Gasteiger partial charge on any atom is 0.324 e. The summed E-state index contributed by atoms with van der Waals surface area (Å²) in [5.74, 6) is 0.877. The van der Waals surface area contributed by atoms with Gasteiger partial charge in [-0.2, -0.15) is 0 Å². The number of phenols is 1. The zero-order valence-electron chi connectivity index (χ0n) is 19.1. The Balaban J connectivity index is 0.000000207. The summed E-state index contributed by atoms with van der Waals surface area (Å²) in [6.07, 6.45) is 3.75. The van der Waals surface area contributed by atoms with Crippen molar-refractivity contribution in [1.29, 1.82) is 0 Å². The molecule has 1 aliphatic rings. The largest absolute Gasteiger partial charge is 0.497 e. The average molecular weight is 502 g/mol. The van der Waals surface area contributed by atoms with Crippen molar-refractivity contribution in [3.8, 4) is 5.75 Å². The molecule has 14 nitrogen and oxygen atoms in total. The number of non-ortho nitro benzene ring substituents is 1. The first-order valence-electron chi connectivity index (χ1n) is 10.7. The summed E-state index contributed by atoms with van der Waals surface area (Å²) >= 11 is 0. The van der Waals surface area contributed by atoms with E-state index in [1.54, 1.807) is 12.5 Å². The lowest BCUT2D eigenvalue weighted by Gasteiger charge is -2.36. The molecule has 36 heavy (non-hydrogen) atoms. The molecule has 1 aromatic carbocycles. The SMILES string of the molecule is CC(C)C1C(=O)CC(c2ccco2)NC1c1ccco1.O=[N+]([O-])c1cc([N+](=O)[O-])c(O)c([N+](=O)[O-])c1. The first-order valence-corrected chi connectivity index (χ1v) is 10.7. The summed E-state index contributed by atoms with van der Waals surface area (Å²) in [6, 6.07) is 8.24. The lowest BCUT2D eigenvalue weighted by molar-refractivity contribution is -0.404. The van der Waals surface area contributed by atoms with Crippen molar-refractivity contribution in [3.63, 3.8) is 0 Å². The molecule has 3 aromatic rings. The van der Waals surface area contributed by atoms with Gasteiger partial charge in [0.25, 0.3) is 11.4 Å². The number of nitro benzene ring substituents is 3. The maximum absolute atomic E-state index is 12.5. The van der Waals surface area contributed by atoms with Crippen LogP contribution in [0, 0.1) is 42.2 Å². The fourth-order valence-electron chi connectivity index (χ4n) is 4.03. The molecular weight excluding hydrogens is 480 g/mol. The van der Waals surface area contributed by atoms with Crippen LogP contribution in [0.15, 0.2) is 57.8 Å². The monoisotopic (exact) mass is 502 g/mol. The van der Waals surface area contributed by atoms with Crippen molar-refractivity contribution in [3.05, 3.63) is 90.8 Å². The third-order valence-electron chi connectivity index (χ3n) is 5.63. The van der Waals surface area contributed by atoms with Gasteiger partial charge in [0.2, 0.25) is 0 Å². The summed E-state index contributed by atoms with van der Waals surface area (Å²) < 4.78 is 11.0. The number of hydrogen-bond donors (Lipinski definition) is 2. The molecular formula is C22H22N4O10. The van der Waals surface area contributed by atoms with Gasteiger partial charge in [-0.3, -0.25) is 40.5 Å². The molecule has 3 heterocycles. The second-order valence-electron chi connectivity index (χ2n) is 8.27. The van der Waals surface area contributed by atoms with Gasteiger partial charge in [0.1, 0.15) is 17.3 Å². The van der Waals surface area contributed by atoms with Crippen molar-refractivity contribution in [2.75, 3.05) is 0 Å². The topological polar surface area (TPSA) is 205 Å². The molecule has 0 radical (unpaired) electrons. The zero-order chi connectivity index (χ0) is 26.6. The molecule has 1 saturated heterocycles. The van der Waals surface area contributed by atoms with Gasteiger partial charge in [0, 0.05) is 12.3 Å². The molecule has 1 aliphatic heterocycles. The molecule has 1 fully saturated rings. The Morgan fingerprint density at radius 2 is 1.47 bits per heavy atom. The predicted octanol–water partition coefficient (Wildman–Crippen LogP) is 4.61. The van der Waals surface area contributed by atoms with Crippen molar-refractivity contribution in [1.82, 2.24) is 5.32 Å². The first-order chi connectivity index (χ1) is 17.0. The fourth-order valence-corrected chi connectivity index (χ4v) is 4.03. The van der Waals surface area contributed by atoms with Gasteiger partial charge in [0.15, 0.2) is 0 Å². The molecule has 190 valence electrons. The summed E-state index contributed by atoms with van der Waals surface area (Å²) in [7, 11) is 0. The number of carbonyl (C=O) groups excluding carboxylic acids is 1. The number of Topliss-reactive ketones (excluding diaryl/α,β-unsaturated/α-hetero) is 1. The van der Waals surface area contributed by atoms with Crippen LogP contribution in [-0.2, 0) is 4.79 Å². The molecule has 3 atom stereocenters. The first kappa shape index (κ1) is 26.0. The quantitative estimate of drug-likeness (QED) is 0.351. The van der Waals surface area contributed by atoms with Crippen molar-refractivity contribution in [2.45, 2.75) is 32.4 Å². The number of ketones is 1. The van der Waals surface area contributed by atoms with Crippen LogP contribution in [0.5, 0.6) is 5.75 Å². The average Bonchev–Trinajstić information content (AvgIpc) is 3.53. The number of nitro groups is 3. The molecule has 0 amide bonds. The third-order valence-corrected chi connectivity index (χ3v) is 5.63. The van der Waals surface area contributed by atoms with E-state index < -0.39 is 37.6 Å². The van der Waals surface area contributed by atoms with Crippen molar-refractivity contribution >= 4 is 22.8 Å². The number of benzene rings is 1. The molecule has 14 heteroatoms. The normalized spacial score (nSPS) is 19.4. The van der Waals surface area contributed by atoms with Gasteiger partial charge >= 0.3 is 11.4 Å². The van der Waals surface area contributed by atoms with E-state index in [0.717, 1.165) is 11.5 Å². The number of phenolic OH excluding ortho intramolecular Hbond substituents is 1. The van der Waals surface area contributed by atoms with Crippen LogP contribution in [-0.4, -0.2) is 25.7 Å². The van der Waals surface area contributed by atoms with Crippen LogP contribution in [0.25, 0.3) is 0 Å². The predicted molar refractivity (Wildman–Crippen MR) is 122 cm³/mol. The number of carbonyl (C=O) groups is 1. The zero-order valence-corrected chi connectivity index (χ0v) is 19.1. The van der Waals surface area contributed by atoms with Crippen molar-refractivity contribution < 1.29 is 33.5 Å². The summed E-state index contributed by atoms with van der Waals surface area (Å²) in [4.78, 5) is 40.3. The summed E-state index contributed by atoms with van der Waals surface area (Å²) in [5.41, 5.74) is -3.00. The van der Waals surface area contributed by atoms with Crippen molar-refractivity contribution in [2.24, 2.45) is 11.8 Å². The van der Waals surface area contributed by atoms with E-state index in [0.29, 0.717) is 18.6 Å². The van der Waals surface area contributed by atoms with Gasteiger partial charge in [-0.1, -0.05) is 13.8 Å². The van der Waals surface area contributed by atoms with Gasteiger partial charge in [-0.15, -0.1) is 0 Å². The molecule has 3 unspecified atom stereocenters. The Morgan fingerprint density at radius 1 is 0.944 bits per heavy atom. The van der Waals surface area contributed by atoms with E-state index in [1.807, 2.05) is 24.3 Å². The van der Waals surface area contributed by atoms with Gasteiger partial charge in [-0.05, 0) is 30.2 Å². The van der Waals surface area contributed by atoms with E-state index in [4.69, 9.17) is 13.9 Å². The van der Waals surface area contributed by atoms with Crippen LogP contribution in [0.1, 0.15) is 43.9 Å². The standard InChI is InChI=1S/C16H19NO3.C6H3N3O7/c1-10(2)15-12(18)9-11(13-5-3-7-19-13)17-16(15)14-6-4-8-20-14;10-6-4(8(13)14)1-3(7(11)12)2-5(6)9(15)16/h3-8,10-11,15-17H,9H2,1-2H3;1-2,10H. The Morgan fingerprint density at radius 3 is 1.89 bits per heavy atom. The van der Waals surface area contributed by atoms with E-state index >= 15 is 0 Å². The Labute approximate surface area is 203 Å².